The Morgan fingerprint density at radius 1 is 0.889 bits per heavy atom. The molecular weight excluding hydrogens is 412 g/mol. The first-order valence-corrected chi connectivity index (χ1v) is 9.05. The summed E-state index contributed by atoms with van der Waals surface area (Å²) >= 11 is 3.15. The van der Waals surface area contributed by atoms with Crippen molar-refractivity contribution in [1.82, 2.24) is 0 Å². The maximum atomic E-state index is 12.3. The Labute approximate surface area is 164 Å². The van der Waals surface area contributed by atoms with E-state index >= 15 is 0 Å². The molecule has 1 aromatic heterocycles. The van der Waals surface area contributed by atoms with Crippen molar-refractivity contribution in [1.29, 1.82) is 0 Å². The van der Waals surface area contributed by atoms with Crippen LogP contribution in [0.1, 0.15) is 27.8 Å². The molecule has 0 fully saturated rings. The van der Waals surface area contributed by atoms with Crippen LogP contribution in [0.4, 0.5) is 11.4 Å². The molecule has 7 heteroatoms. The average Bonchev–Trinajstić information content (AvgIpc) is 3.11. The maximum absolute atomic E-state index is 12.3. The summed E-state index contributed by atoms with van der Waals surface area (Å²) in [7, 11) is 0. The van der Waals surface area contributed by atoms with E-state index in [2.05, 4.69) is 26.6 Å². The molecule has 0 aliphatic carbocycles. The zero-order valence-corrected chi connectivity index (χ0v) is 16.1. The summed E-state index contributed by atoms with van der Waals surface area (Å²) in [4.78, 5) is 24.4. The van der Waals surface area contributed by atoms with E-state index in [0.29, 0.717) is 28.2 Å². The van der Waals surface area contributed by atoms with Crippen LogP contribution in [0.5, 0.6) is 5.75 Å². The lowest BCUT2D eigenvalue weighted by Gasteiger charge is -2.08. The van der Waals surface area contributed by atoms with E-state index in [0.717, 1.165) is 5.75 Å². The van der Waals surface area contributed by atoms with Gasteiger partial charge in [-0.3, -0.25) is 9.59 Å². The topological polar surface area (TPSA) is 80.6 Å². The fourth-order valence-electron chi connectivity index (χ4n) is 2.34. The Morgan fingerprint density at radius 3 is 2.04 bits per heavy atom. The highest BCUT2D eigenvalue weighted by atomic mass is 79.9. The number of hydrogen-bond acceptors (Lipinski definition) is 4. The van der Waals surface area contributed by atoms with Crippen LogP contribution in [0.2, 0.25) is 0 Å². The molecule has 3 aromatic rings. The SMILES string of the molecule is CCOc1ccc(NC(=O)c2ccc(NC(=O)c3ccc(Br)o3)cc2)cc1. The molecule has 3 rings (SSSR count). The Balaban J connectivity index is 1.60. The highest BCUT2D eigenvalue weighted by Crippen LogP contribution is 2.18. The van der Waals surface area contributed by atoms with Crippen molar-refractivity contribution in [2.75, 3.05) is 17.2 Å². The van der Waals surface area contributed by atoms with Gasteiger partial charge in [-0.1, -0.05) is 0 Å². The Kier molecular flexibility index (Phi) is 5.93. The summed E-state index contributed by atoms with van der Waals surface area (Å²) in [5.74, 6) is 0.331. The lowest BCUT2D eigenvalue weighted by molar-refractivity contribution is 0.0994. The van der Waals surface area contributed by atoms with Crippen molar-refractivity contribution < 1.29 is 18.7 Å². The zero-order valence-electron chi connectivity index (χ0n) is 14.5. The van der Waals surface area contributed by atoms with Gasteiger partial charge in [-0.2, -0.15) is 0 Å². The number of carbonyl (C=O) groups excluding carboxylic acids is 2. The molecule has 0 spiro atoms. The van der Waals surface area contributed by atoms with Crippen molar-refractivity contribution in [2.24, 2.45) is 0 Å². The van der Waals surface area contributed by atoms with Crippen LogP contribution in [0.3, 0.4) is 0 Å². The molecule has 0 atom stereocenters. The third-order valence-electron chi connectivity index (χ3n) is 3.63. The van der Waals surface area contributed by atoms with Crippen LogP contribution in [0.25, 0.3) is 0 Å². The third-order valence-corrected chi connectivity index (χ3v) is 4.05. The first kappa shape index (κ1) is 18.7. The van der Waals surface area contributed by atoms with Crippen molar-refractivity contribution in [2.45, 2.75) is 6.92 Å². The summed E-state index contributed by atoms with van der Waals surface area (Å²) in [6.07, 6.45) is 0. The molecule has 6 nitrogen and oxygen atoms in total. The number of anilines is 2. The Bertz CT molecular complexity index is 933. The summed E-state index contributed by atoms with van der Waals surface area (Å²) in [5.41, 5.74) is 1.71. The highest BCUT2D eigenvalue weighted by molar-refractivity contribution is 9.10. The van der Waals surface area contributed by atoms with Gasteiger partial charge in [-0.15, -0.1) is 0 Å². The monoisotopic (exact) mass is 428 g/mol. The summed E-state index contributed by atoms with van der Waals surface area (Å²) < 4.78 is 11.1. The molecule has 0 saturated carbocycles. The molecule has 0 saturated heterocycles. The largest absolute Gasteiger partial charge is 0.494 e. The minimum Gasteiger partial charge on any atom is -0.494 e. The van der Waals surface area contributed by atoms with Crippen LogP contribution in [-0.2, 0) is 0 Å². The van der Waals surface area contributed by atoms with Crippen LogP contribution in [-0.4, -0.2) is 18.4 Å². The van der Waals surface area contributed by atoms with Crippen LogP contribution in [0, 0.1) is 0 Å². The second kappa shape index (κ2) is 8.55. The molecule has 0 bridgehead atoms. The average molecular weight is 429 g/mol. The first-order chi connectivity index (χ1) is 13.0. The summed E-state index contributed by atoms with van der Waals surface area (Å²) in [5, 5.41) is 5.52. The van der Waals surface area contributed by atoms with Crippen LogP contribution < -0.4 is 15.4 Å². The van der Waals surface area contributed by atoms with E-state index in [9.17, 15) is 9.59 Å². The summed E-state index contributed by atoms with van der Waals surface area (Å²) in [6.45, 7) is 2.50. The quantitative estimate of drug-likeness (QED) is 0.582. The second-order valence-corrected chi connectivity index (χ2v) is 6.33. The normalized spacial score (nSPS) is 10.3. The number of furan rings is 1. The standard InChI is InChI=1S/C20H17BrN2O4/c1-2-26-16-9-7-15(8-10-16)22-19(24)13-3-5-14(6-4-13)23-20(25)17-11-12-18(21)27-17/h3-12H,2H2,1H3,(H,22,24)(H,23,25). The predicted octanol–water partition coefficient (Wildman–Crippen LogP) is 4.95. The van der Waals surface area contributed by atoms with E-state index < -0.39 is 0 Å². The number of amides is 2. The number of hydrogen-bond donors (Lipinski definition) is 2. The smallest absolute Gasteiger partial charge is 0.291 e. The van der Waals surface area contributed by atoms with Gasteiger partial charge in [0, 0.05) is 16.9 Å². The number of halogens is 1. The molecule has 0 aliphatic heterocycles. The predicted molar refractivity (Wildman–Crippen MR) is 106 cm³/mol. The Morgan fingerprint density at radius 2 is 1.48 bits per heavy atom. The van der Waals surface area contributed by atoms with E-state index in [1.54, 1.807) is 60.7 Å². The van der Waals surface area contributed by atoms with Crippen molar-refractivity contribution >= 4 is 39.1 Å². The molecule has 2 N–H and O–H groups in total. The molecule has 0 unspecified atom stereocenters. The van der Waals surface area contributed by atoms with Crippen molar-refractivity contribution in [3.05, 3.63) is 76.7 Å². The lowest BCUT2D eigenvalue weighted by atomic mass is 10.2. The first-order valence-electron chi connectivity index (χ1n) is 8.26. The van der Waals surface area contributed by atoms with Crippen LogP contribution in [0.15, 0.2) is 69.8 Å². The van der Waals surface area contributed by atoms with E-state index in [-0.39, 0.29) is 17.6 Å². The van der Waals surface area contributed by atoms with Gasteiger partial charge >= 0.3 is 0 Å². The molecule has 0 aliphatic rings. The minimum atomic E-state index is -0.368. The van der Waals surface area contributed by atoms with E-state index in [1.807, 2.05) is 6.92 Å². The van der Waals surface area contributed by atoms with Crippen LogP contribution >= 0.6 is 15.9 Å². The maximum Gasteiger partial charge on any atom is 0.291 e. The number of rotatable bonds is 6. The lowest BCUT2D eigenvalue weighted by Crippen LogP contribution is -2.13. The van der Waals surface area contributed by atoms with Gasteiger partial charge < -0.3 is 19.8 Å². The van der Waals surface area contributed by atoms with Gasteiger partial charge in [0.05, 0.1) is 6.61 Å². The number of nitrogens with one attached hydrogen (secondary N) is 2. The number of benzene rings is 2. The molecule has 2 amide bonds. The number of carbonyl (C=O) groups is 2. The van der Waals surface area contributed by atoms with Gasteiger partial charge in [0.25, 0.3) is 11.8 Å². The van der Waals surface area contributed by atoms with Gasteiger partial charge in [-0.25, -0.2) is 0 Å². The van der Waals surface area contributed by atoms with Crippen molar-refractivity contribution in [3.63, 3.8) is 0 Å². The van der Waals surface area contributed by atoms with Crippen molar-refractivity contribution in [3.8, 4) is 5.75 Å². The highest BCUT2D eigenvalue weighted by Gasteiger charge is 2.11. The molecular formula is C20H17BrN2O4. The fourth-order valence-corrected chi connectivity index (χ4v) is 2.64. The van der Waals surface area contributed by atoms with E-state index in [4.69, 9.17) is 9.15 Å². The molecule has 1 heterocycles. The summed E-state index contributed by atoms with van der Waals surface area (Å²) in [6, 6.07) is 16.9. The van der Waals surface area contributed by atoms with Gasteiger partial charge in [0.1, 0.15) is 5.75 Å². The third kappa shape index (κ3) is 4.98. The Hall–Kier alpha value is -3.06. The fraction of sp³-hybridized carbons (Fsp3) is 0.100. The van der Waals surface area contributed by atoms with Gasteiger partial charge in [0.2, 0.25) is 0 Å². The van der Waals surface area contributed by atoms with Gasteiger partial charge in [-0.05, 0) is 83.5 Å². The van der Waals surface area contributed by atoms with Gasteiger partial charge in [0.15, 0.2) is 10.4 Å². The molecule has 0 radical (unpaired) electrons. The minimum absolute atomic E-state index is 0.194. The molecule has 138 valence electrons. The zero-order chi connectivity index (χ0) is 19.2. The van der Waals surface area contributed by atoms with E-state index in [1.165, 1.54) is 0 Å². The molecule has 27 heavy (non-hydrogen) atoms. The number of ether oxygens (including phenoxy) is 1. The molecule has 2 aromatic carbocycles. The second-order valence-electron chi connectivity index (χ2n) is 5.55.